The molecule has 0 spiro atoms. The average Bonchev–Trinajstić information content (AvgIpc) is 2.85. The number of anilines is 1. The number of fused-ring (bicyclic) bond motifs is 1. The molecule has 0 fully saturated rings. The summed E-state index contributed by atoms with van der Waals surface area (Å²) >= 11 is 6.58. The molecular weight excluding hydrogens is 519 g/mol. The van der Waals surface area contributed by atoms with Gasteiger partial charge in [-0.05, 0) is 51.4 Å². The summed E-state index contributed by atoms with van der Waals surface area (Å²) in [6.45, 7) is 6.61. The molecule has 0 aliphatic rings. The average molecular weight is 542 g/mol. The first-order chi connectivity index (χ1) is 17.5. The van der Waals surface area contributed by atoms with Crippen LogP contribution < -0.4 is 10.1 Å². The summed E-state index contributed by atoms with van der Waals surface area (Å²) in [4.78, 5) is 13.0. The van der Waals surface area contributed by atoms with E-state index in [1.165, 1.54) is 30.5 Å². The quantitative estimate of drug-likeness (QED) is 0.253. The van der Waals surface area contributed by atoms with Gasteiger partial charge in [0.1, 0.15) is 30.5 Å². The second-order valence-corrected chi connectivity index (χ2v) is 12.8. The number of pyridine rings is 3. The highest BCUT2D eigenvalue weighted by atomic mass is 35.5. The lowest BCUT2D eigenvalue weighted by atomic mass is 10.0. The summed E-state index contributed by atoms with van der Waals surface area (Å²) in [5.41, 5.74) is 2.32. The van der Waals surface area contributed by atoms with Gasteiger partial charge in [0.05, 0.1) is 39.6 Å². The van der Waals surface area contributed by atoms with Crippen LogP contribution in [-0.2, 0) is 4.57 Å². The standard InChI is InChI=1S/C26H23ClF2N5O2P/c1-14(18-9-16(11-30)5-7-19(18)28)33-26-23(27)15(2)32-21-10-20(29)24(34-25(21)26)17-6-8-22(31-12-17)36-13-37(3,4)35/h5-10,12,14H,13H2,1-4H3,(H,32,33)/t14-/m1/s1. The minimum Gasteiger partial charge on any atom is -0.470 e. The van der Waals surface area contributed by atoms with Gasteiger partial charge >= 0.3 is 0 Å². The van der Waals surface area contributed by atoms with E-state index in [-0.39, 0.29) is 39.5 Å². The molecule has 1 aromatic carbocycles. The van der Waals surface area contributed by atoms with E-state index >= 15 is 4.39 Å². The fraction of sp³-hybridized carbons (Fsp3) is 0.231. The molecule has 3 aromatic heterocycles. The zero-order chi connectivity index (χ0) is 26.9. The topological polar surface area (TPSA) is 101 Å². The molecule has 11 heteroatoms. The van der Waals surface area contributed by atoms with Gasteiger partial charge in [0.2, 0.25) is 5.88 Å². The highest BCUT2D eigenvalue weighted by Gasteiger charge is 2.20. The monoisotopic (exact) mass is 541 g/mol. The van der Waals surface area contributed by atoms with Crippen molar-refractivity contribution < 1.29 is 18.1 Å². The van der Waals surface area contributed by atoms with Crippen LogP contribution in [0.3, 0.4) is 0 Å². The van der Waals surface area contributed by atoms with E-state index in [9.17, 15) is 14.2 Å². The Kier molecular flexibility index (Phi) is 7.44. The fourth-order valence-corrected chi connectivity index (χ4v) is 4.29. The number of ether oxygens (including phenoxy) is 1. The molecule has 0 saturated heterocycles. The van der Waals surface area contributed by atoms with Gasteiger partial charge < -0.3 is 14.6 Å². The molecular formula is C26H23ClF2N5O2P. The molecule has 1 N–H and O–H groups in total. The summed E-state index contributed by atoms with van der Waals surface area (Å²) in [6, 6.07) is 9.88. The van der Waals surface area contributed by atoms with Crippen LogP contribution in [0.2, 0.25) is 5.02 Å². The third-order valence-electron chi connectivity index (χ3n) is 5.50. The highest BCUT2D eigenvalue weighted by Crippen LogP contribution is 2.37. The maximum atomic E-state index is 15.1. The first-order valence-corrected chi connectivity index (χ1v) is 14.4. The molecule has 0 saturated carbocycles. The van der Waals surface area contributed by atoms with Gasteiger partial charge in [-0.1, -0.05) is 11.6 Å². The summed E-state index contributed by atoms with van der Waals surface area (Å²) in [5, 5.41) is 12.6. The Hall–Kier alpha value is -3.60. The predicted octanol–water partition coefficient (Wildman–Crippen LogP) is 6.94. The molecule has 4 rings (SSSR count). The lowest BCUT2D eigenvalue weighted by Gasteiger charge is -2.20. The van der Waals surface area contributed by atoms with Crippen LogP contribution in [0.5, 0.6) is 5.88 Å². The number of rotatable bonds is 7. The van der Waals surface area contributed by atoms with Crippen molar-refractivity contribution in [1.29, 1.82) is 5.26 Å². The molecule has 1 atom stereocenters. The highest BCUT2D eigenvalue weighted by molar-refractivity contribution is 7.62. The number of aryl methyl sites for hydroxylation is 1. The molecule has 0 bridgehead atoms. The van der Waals surface area contributed by atoms with E-state index < -0.39 is 24.8 Å². The number of aromatic nitrogens is 3. The molecule has 7 nitrogen and oxygen atoms in total. The number of nitriles is 1. The van der Waals surface area contributed by atoms with Gasteiger partial charge in [-0.15, -0.1) is 0 Å². The smallest absolute Gasteiger partial charge is 0.213 e. The van der Waals surface area contributed by atoms with E-state index in [1.807, 2.05) is 6.07 Å². The van der Waals surface area contributed by atoms with Crippen LogP contribution in [-0.4, -0.2) is 34.6 Å². The van der Waals surface area contributed by atoms with Crippen LogP contribution in [0.1, 0.15) is 29.8 Å². The Morgan fingerprint density at radius 2 is 1.92 bits per heavy atom. The van der Waals surface area contributed by atoms with Crippen molar-refractivity contribution in [3.05, 3.63) is 76.1 Å². The van der Waals surface area contributed by atoms with E-state index in [1.54, 1.807) is 39.3 Å². The van der Waals surface area contributed by atoms with Crippen molar-refractivity contribution in [2.24, 2.45) is 0 Å². The SMILES string of the molecule is Cc1nc2cc(F)c(-c3ccc(OCP(C)(C)=O)nc3)nc2c(N[C@H](C)c2cc(C#N)ccc2F)c1Cl. The van der Waals surface area contributed by atoms with Gasteiger partial charge in [-0.2, -0.15) is 5.26 Å². The minimum absolute atomic E-state index is 0.0123. The summed E-state index contributed by atoms with van der Waals surface area (Å²) in [5.74, 6) is -0.844. The van der Waals surface area contributed by atoms with Crippen molar-refractivity contribution in [3.63, 3.8) is 0 Å². The Morgan fingerprint density at radius 3 is 2.57 bits per heavy atom. The molecule has 0 aliphatic heterocycles. The molecule has 0 aliphatic carbocycles. The third kappa shape index (κ3) is 5.87. The first kappa shape index (κ1) is 26.5. The number of halogens is 3. The Bertz CT molecular complexity index is 1590. The fourth-order valence-electron chi connectivity index (χ4n) is 3.66. The second kappa shape index (κ2) is 10.4. The predicted molar refractivity (Wildman–Crippen MR) is 141 cm³/mol. The summed E-state index contributed by atoms with van der Waals surface area (Å²) in [6.07, 6.45) is 1.45. The number of nitrogens with zero attached hydrogens (tertiary/aromatic N) is 4. The van der Waals surface area contributed by atoms with E-state index in [0.29, 0.717) is 22.5 Å². The van der Waals surface area contributed by atoms with Crippen molar-refractivity contribution in [3.8, 4) is 23.2 Å². The Labute approximate surface area is 217 Å². The van der Waals surface area contributed by atoms with Gasteiger partial charge in [0, 0.05) is 29.5 Å². The van der Waals surface area contributed by atoms with Crippen LogP contribution >= 0.6 is 18.7 Å². The van der Waals surface area contributed by atoms with Gasteiger partial charge in [-0.25, -0.2) is 23.7 Å². The maximum absolute atomic E-state index is 15.1. The van der Waals surface area contributed by atoms with E-state index in [0.717, 1.165) is 0 Å². The zero-order valence-electron chi connectivity index (χ0n) is 20.5. The summed E-state index contributed by atoms with van der Waals surface area (Å²) < 4.78 is 47.0. The Morgan fingerprint density at radius 1 is 1.16 bits per heavy atom. The van der Waals surface area contributed by atoms with Crippen LogP contribution in [0.4, 0.5) is 14.5 Å². The van der Waals surface area contributed by atoms with Crippen molar-refractivity contribution in [2.45, 2.75) is 19.9 Å². The number of benzene rings is 1. The molecule has 0 amide bonds. The minimum atomic E-state index is -2.39. The van der Waals surface area contributed by atoms with E-state index in [4.69, 9.17) is 16.3 Å². The molecule has 37 heavy (non-hydrogen) atoms. The van der Waals surface area contributed by atoms with Gasteiger partial charge in [-0.3, -0.25) is 0 Å². The third-order valence-corrected chi connectivity index (χ3v) is 6.72. The summed E-state index contributed by atoms with van der Waals surface area (Å²) in [7, 11) is -2.39. The molecule has 3 heterocycles. The van der Waals surface area contributed by atoms with Gasteiger partial charge in [0.25, 0.3) is 0 Å². The number of hydrogen-bond donors (Lipinski definition) is 1. The van der Waals surface area contributed by atoms with Crippen molar-refractivity contribution in [2.75, 3.05) is 25.0 Å². The van der Waals surface area contributed by atoms with Crippen LogP contribution in [0.25, 0.3) is 22.3 Å². The molecule has 190 valence electrons. The van der Waals surface area contributed by atoms with Crippen LogP contribution in [0, 0.1) is 29.9 Å². The normalized spacial score (nSPS) is 12.3. The largest absolute Gasteiger partial charge is 0.470 e. The first-order valence-electron chi connectivity index (χ1n) is 11.2. The van der Waals surface area contributed by atoms with Crippen LogP contribution in [0.15, 0.2) is 42.6 Å². The van der Waals surface area contributed by atoms with E-state index in [2.05, 4.69) is 20.3 Å². The second-order valence-electron chi connectivity index (χ2n) is 9.02. The van der Waals surface area contributed by atoms with Gasteiger partial charge in [0.15, 0.2) is 5.82 Å². The number of nitrogens with one attached hydrogen (secondary N) is 1. The maximum Gasteiger partial charge on any atom is 0.213 e. The lowest BCUT2D eigenvalue weighted by Crippen LogP contribution is -2.11. The zero-order valence-corrected chi connectivity index (χ0v) is 22.2. The van der Waals surface area contributed by atoms with Crippen molar-refractivity contribution in [1.82, 2.24) is 15.0 Å². The lowest BCUT2D eigenvalue weighted by molar-refractivity contribution is 0.363. The van der Waals surface area contributed by atoms with Crippen molar-refractivity contribution >= 4 is 35.5 Å². The number of hydrogen-bond acceptors (Lipinski definition) is 7. The molecule has 0 radical (unpaired) electrons. The molecule has 4 aromatic rings. The Balaban J connectivity index is 1.75. The molecule has 0 unspecified atom stereocenters.